The molecule has 2 amide bonds. The molecule has 1 fully saturated rings. The monoisotopic (exact) mass is 407 g/mol. The quantitative estimate of drug-likeness (QED) is 0.792. The van der Waals surface area contributed by atoms with Gasteiger partial charge in [0.05, 0.1) is 5.92 Å². The number of amides is 2. The number of nitrogens with zero attached hydrogens (tertiary/aromatic N) is 1. The number of carbonyl (C=O) groups is 2. The van der Waals surface area contributed by atoms with Gasteiger partial charge in [-0.3, -0.25) is 9.59 Å². The van der Waals surface area contributed by atoms with E-state index in [1.165, 1.54) is 15.6 Å². The Balaban J connectivity index is 1.75. The summed E-state index contributed by atoms with van der Waals surface area (Å²) in [6.07, 6.45) is 1.22. The third-order valence-corrected chi connectivity index (χ3v) is 7.94. The maximum Gasteiger partial charge on any atom is 0.252 e. The van der Waals surface area contributed by atoms with Crippen LogP contribution in [0.5, 0.6) is 0 Å². The number of piperidine rings is 1. The zero-order valence-electron chi connectivity index (χ0n) is 14.8. The van der Waals surface area contributed by atoms with Gasteiger partial charge in [0.2, 0.25) is 11.8 Å². The van der Waals surface area contributed by atoms with Crippen LogP contribution in [0.4, 0.5) is 5.69 Å². The number of rotatable bonds is 5. The molecule has 0 unspecified atom stereocenters. The van der Waals surface area contributed by atoms with Crippen molar-refractivity contribution in [1.82, 2.24) is 4.31 Å². The zero-order valence-corrected chi connectivity index (χ0v) is 16.5. The molecule has 0 aliphatic carbocycles. The number of hydrogen-bond acceptors (Lipinski definition) is 5. The molecule has 1 aliphatic heterocycles. The van der Waals surface area contributed by atoms with Crippen molar-refractivity contribution in [3.63, 3.8) is 0 Å². The highest BCUT2D eigenvalue weighted by Crippen LogP contribution is 2.27. The van der Waals surface area contributed by atoms with Crippen LogP contribution in [-0.4, -0.2) is 37.6 Å². The minimum absolute atomic E-state index is 0.140. The molecular weight excluding hydrogens is 386 g/mol. The summed E-state index contributed by atoms with van der Waals surface area (Å²) in [4.78, 5) is 24.2. The number of nitrogens with two attached hydrogens (primary N) is 1. The van der Waals surface area contributed by atoms with Crippen LogP contribution < -0.4 is 11.1 Å². The predicted molar refractivity (Wildman–Crippen MR) is 104 cm³/mol. The molecule has 0 spiro atoms. The van der Waals surface area contributed by atoms with E-state index < -0.39 is 21.8 Å². The van der Waals surface area contributed by atoms with E-state index in [2.05, 4.69) is 5.32 Å². The molecule has 27 heavy (non-hydrogen) atoms. The van der Waals surface area contributed by atoms with Gasteiger partial charge in [0.15, 0.2) is 0 Å². The molecule has 2 heterocycles. The average Bonchev–Trinajstić information content (AvgIpc) is 3.19. The Hall–Kier alpha value is -2.23. The number of nitrogens with one attached hydrogen (secondary N) is 1. The summed E-state index contributed by atoms with van der Waals surface area (Å²) in [5, 5.41) is 4.53. The first kappa shape index (κ1) is 19.5. The average molecular weight is 408 g/mol. The Kier molecular flexibility index (Phi) is 5.64. The van der Waals surface area contributed by atoms with Gasteiger partial charge in [0.25, 0.3) is 10.0 Å². The van der Waals surface area contributed by atoms with Gasteiger partial charge in [-0.25, -0.2) is 8.42 Å². The largest absolute Gasteiger partial charge is 0.366 e. The molecular formula is C18H21N3O4S2. The Morgan fingerprint density at radius 3 is 2.70 bits per heavy atom. The van der Waals surface area contributed by atoms with E-state index in [1.807, 2.05) is 0 Å². The SMILES string of the molecule is Cc1c(NC(=O)[C@@H]2CCCN(S(=O)(=O)c3cccs3)C2)cccc1C(N)=O. The maximum absolute atomic E-state index is 12.7. The second-order valence-electron chi connectivity index (χ2n) is 6.47. The molecule has 0 saturated carbocycles. The standard InChI is InChI=1S/C18H21N3O4S2/c1-12-14(17(19)22)6-2-7-15(12)20-18(23)13-5-3-9-21(11-13)27(24,25)16-8-4-10-26-16/h2,4,6-8,10,13H,3,5,9,11H2,1H3,(H2,19,22)(H,20,23)/t13-/m1/s1. The fourth-order valence-electron chi connectivity index (χ4n) is 3.19. The highest BCUT2D eigenvalue weighted by atomic mass is 32.2. The molecule has 144 valence electrons. The summed E-state index contributed by atoms with van der Waals surface area (Å²) in [7, 11) is -3.57. The van der Waals surface area contributed by atoms with Crippen molar-refractivity contribution in [2.24, 2.45) is 11.7 Å². The minimum Gasteiger partial charge on any atom is -0.366 e. The van der Waals surface area contributed by atoms with E-state index >= 15 is 0 Å². The Labute approximate surface area is 162 Å². The number of benzene rings is 1. The van der Waals surface area contributed by atoms with Crippen LogP contribution in [0.1, 0.15) is 28.8 Å². The highest BCUT2D eigenvalue weighted by Gasteiger charge is 2.34. The molecule has 1 saturated heterocycles. The highest BCUT2D eigenvalue weighted by molar-refractivity contribution is 7.91. The van der Waals surface area contributed by atoms with Gasteiger partial charge in [0.1, 0.15) is 4.21 Å². The van der Waals surface area contributed by atoms with E-state index in [4.69, 9.17) is 5.73 Å². The van der Waals surface area contributed by atoms with Crippen molar-refractivity contribution in [1.29, 1.82) is 0 Å². The molecule has 3 rings (SSSR count). The number of thiophene rings is 1. The first-order valence-corrected chi connectivity index (χ1v) is 10.9. The lowest BCUT2D eigenvalue weighted by atomic mass is 9.98. The smallest absolute Gasteiger partial charge is 0.252 e. The summed E-state index contributed by atoms with van der Waals surface area (Å²) >= 11 is 1.17. The molecule has 1 atom stereocenters. The van der Waals surface area contributed by atoms with Crippen LogP contribution in [-0.2, 0) is 14.8 Å². The first-order chi connectivity index (χ1) is 12.8. The van der Waals surface area contributed by atoms with Crippen LogP contribution in [0.25, 0.3) is 0 Å². The van der Waals surface area contributed by atoms with E-state index in [-0.39, 0.29) is 16.7 Å². The molecule has 2 aromatic rings. The summed E-state index contributed by atoms with van der Waals surface area (Å²) in [5.74, 6) is -1.27. The number of anilines is 1. The molecule has 1 aliphatic rings. The number of carbonyl (C=O) groups excluding carboxylic acids is 2. The van der Waals surface area contributed by atoms with Gasteiger partial charge in [0, 0.05) is 24.3 Å². The van der Waals surface area contributed by atoms with Gasteiger partial charge < -0.3 is 11.1 Å². The summed E-state index contributed by atoms with van der Waals surface area (Å²) in [5.41, 5.74) is 6.79. The Morgan fingerprint density at radius 1 is 1.26 bits per heavy atom. The van der Waals surface area contributed by atoms with Crippen molar-refractivity contribution in [2.75, 3.05) is 18.4 Å². The van der Waals surface area contributed by atoms with Gasteiger partial charge in [-0.15, -0.1) is 11.3 Å². The molecule has 9 heteroatoms. The van der Waals surface area contributed by atoms with E-state index in [9.17, 15) is 18.0 Å². The third-order valence-electron chi connectivity index (χ3n) is 4.70. The molecule has 0 bridgehead atoms. The van der Waals surface area contributed by atoms with E-state index in [1.54, 1.807) is 42.6 Å². The lowest BCUT2D eigenvalue weighted by Gasteiger charge is -2.31. The van der Waals surface area contributed by atoms with Crippen molar-refractivity contribution in [3.05, 3.63) is 46.8 Å². The van der Waals surface area contributed by atoms with Crippen LogP contribution in [0.15, 0.2) is 39.9 Å². The predicted octanol–water partition coefficient (Wildman–Crippen LogP) is 2.19. The molecule has 1 aromatic heterocycles. The minimum atomic E-state index is -3.57. The summed E-state index contributed by atoms with van der Waals surface area (Å²) in [6.45, 7) is 2.25. The van der Waals surface area contributed by atoms with Crippen molar-refractivity contribution < 1.29 is 18.0 Å². The number of primary amides is 1. The molecule has 7 nitrogen and oxygen atoms in total. The van der Waals surface area contributed by atoms with Gasteiger partial charge in [-0.1, -0.05) is 12.1 Å². The number of hydrogen-bond donors (Lipinski definition) is 2. The lowest BCUT2D eigenvalue weighted by molar-refractivity contribution is -0.120. The third kappa shape index (κ3) is 4.05. The molecule has 1 aromatic carbocycles. The van der Waals surface area contributed by atoms with Crippen molar-refractivity contribution in [3.8, 4) is 0 Å². The van der Waals surface area contributed by atoms with Crippen LogP contribution in [0.3, 0.4) is 0 Å². The summed E-state index contributed by atoms with van der Waals surface area (Å²) in [6, 6.07) is 8.21. The van der Waals surface area contributed by atoms with Crippen LogP contribution >= 0.6 is 11.3 Å². The normalized spacial score (nSPS) is 18.2. The Bertz CT molecular complexity index is 955. The summed E-state index contributed by atoms with van der Waals surface area (Å²) < 4.78 is 27.1. The van der Waals surface area contributed by atoms with Crippen molar-refractivity contribution >= 4 is 38.9 Å². The topological polar surface area (TPSA) is 110 Å². The lowest BCUT2D eigenvalue weighted by Crippen LogP contribution is -2.43. The van der Waals surface area contributed by atoms with Crippen LogP contribution in [0.2, 0.25) is 0 Å². The molecule has 3 N–H and O–H groups in total. The number of sulfonamides is 1. The fraction of sp³-hybridized carbons (Fsp3) is 0.333. The van der Waals surface area contributed by atoms with Crippen LogP contribution in [0, 0.1) is 12.8 Å². The van der Waals surface area contributed by atoms with Gasteiger partial charge in [-0.2, -0.15) is 4.31 Å². The van der Waals surface area contributed by atoms with E-state index in [0.717, 1.165) is 0 Å². The fourth-order valence-corrected chi connectivity index (χ4v) is 5.85. The van der Waals surface area contributed by atoms with Gasteiger partial charge >= 0.3 is 0 Å². The van der Waals surface area contributed by atoms with Crippen molar-refractivity contribution in [2.45, 2.75) is 24.0 Å². The second kappa shape index (κ2) is 7.79. The van der Waals surface area contributed by atoms with Gasteiger partial charge in [-0.05, 0) is 48.9 Å². The Morgan fingerprint density at radius 2 is 2.04 bits per heavy atom. The first-order valence-electron chi connectivity index (χ1n) is 8.54. The van der Waals surface area contributed by atoms with E-state index in [0.29, 0.717) is 36.2 Å². The zero-order chi connectivity index (χ0) is 19.6. The second-order valence-corrected chi connectivity index (χ2v) is 9.58. The maximum atomic E-state index is 12.7. The molecule has 0 radical (unpaired) electrons.